The molecule has 0 saturated carbocycles. The van der Waals surface area contributed by atoms with Crippen LogP contribution in [0.3, 0.4) is 0 Å². The molecule has 0 spiro atoms. The van der Waals surface area contributed by atoms with Crippen LogP contribution in [0, 0.1) is 0 Å². The van der Waals surface area contributed by atoms with Crippen molar-refractivity contribution >= 4 is 42.6 Å². The van der Waals surface area contributed by atoms with Crippen molar-refractivity contribution in [3.63, 3.8) is 0 Å². The number of benzene rings is 2. The van der Waals surface area contributed by atoms with E-state index >= 15 is 0 Å². The van der Waals surface area contributed by atoms with Crippen LogP contribution in [0.25, 0.3) is 10.2 Å². The molecule has 164 valence electrons. The summed E-state index contributed by atoms with van der Waals surface area (Å²) in [5, 5.41) is 0.520. The van der Waals surface area contributed by atoms with Crippen molar-refractivity contribution in [2.24, 2.45) is 0 Å². The van der Waals surface area contributed by atoms with Crippen molar-refractivity contribution in [2.45, 2.75) is 37.1 Å². The Morgan fingerprint density at radius 1 is 1.19 bits per heavy atom. The molecule has 1 amide bonds. The van der Waals surface area contributed by atoms with Crippen molar-refractivity contribution in [1.82, 2.24) is 14.7 Å². The molecule has 1 aliphatic rings. The highest BCUT2D eigenvalue weighted by molar-refractivity contribution is 7.89. The molecule has 0 radical (unpaired) electrons. The van der Waals surface area contributed by atoms with Crippen LogP contribution in [0.15, 0.2) is 47.4 Å². The Morgan fingerprint density at radius 2 is 1.97 bits per heavy atom. The van der Waals surface area contributed by atoms with E-state index in [1.54, 1.807) is 11.4 Å². The summed E-state index contributed by atoms with van der Waals surface area (Å²) in [5.41, 5.74) is 6.47. The number of piperidine rings is 1. The Balaban J connectivity index is 1.44. The van der Waals surface area contributed by atoms with Crippen LogP contribution in [0.2, 0.25) is 0 Å². The molecule has 10 heteroatoms. The van der Waals surface area contributed by atoms with Gasteiger partial charge in [-0.2, -0.15) is 4.31 Å². The molecule has 31 heavy (non-hydrogen) atoms. The number of nitrogens with one attached hydrogen (secondary N) is 2. The number of thiazole rings is 1. The van der Waals surface area contributed by atoms with Crippen molar-refractivity contribution in [3.8, 4) is 5.75 Å². The fraction of sp³-hybridized carbons (Fsp3) is 0.333. The number of aromatic nitrogens is 1. The molecule has 0 unspecified atom stereocenters. The summed E-state index contributed by atoms with van der Waals surface area (Å²) in [6.07, 6.45) is 2.77. The molecule has 1 saturated heterocycles. The summed E-state index contributed by atoms with van der Waals surface area (Å²) in [5.74, 6) is 0.273. The summed E-state index contributed by atoms with van der Waals surface area (Å²) in [6.45, 7) is 2.46. The average Bonchev–Trinajstić information content (AvgIpc) is 3.21. The van der Waals surface area contributed by atoms with Gasteiger partial charge < -0.3 is 4.74 Å². The van der Waals surface area contributed by atoms with E-state index in [4.69, 9.17) is 4.74 Å². The molecule has 2 heterocycles. The molecule has 1 aromatic heterocycles. The largest absolute Gasteiger partial charge is 0.494 e. The molecule has 8 nitrogen and oxygen atoms in total. The number of sulfonamides is 1. The number of carbonyl (C=O) groups excluding carboxylic acids is 1. The first-order valence-corrected chi connectivity index (χ1v) is 12.3. The fourth-order valence-electron chi connectivity index (χ4n) is 3.67. The highest BCUT2D eigenvalue weighted by atomic mass is 32.2. The minimum atomic E-state index is -3.56. The smallest absolute Gasteiger partial charge is 0.269 e. The maximum atomic E-state index is 12.9. The standard InChI is InChI=1S/C21H24N4O4S2/c1-14-6-3-4-13-25(14)31(27,28)16-11-9-15(10-12-16)20(26)23-24-21-22-19-17(29-2)7-5-8-18(19)30-21/h5,7-12,14H,3-4,6,13H2,1-2H3,(H,22,24)(H,23,26)/t14-/m1/s1. The van der Waals surface area contributed by atoms with Crippen molar-refractivity contribution in [1.29, 1.82) is 0 Å². The molecule has 0 aliphatic carbocycles. The Kier molecular flexibility index (Phi) is 6.12. The number of ether oxygens (including phenoxy) is 1. The zero-order valence-electron chi connectivity index (χ0n) is 17.3. The molecule has 3 aromatic rings. The summed E-state index contributed by atoms with van der Waals surface area (Å²) in [7, 11) is -1.98. The Labute approximate surface area is 185 Å². The van der Waals surface area contributed by atoms with Crippen molar-refractivity contribution < 1.29 is 17.9 Å². The predicted octanol–water partition coefficient (Wildman–Crippen LogP) is 3.62. The summed E-state index contributed by atoms with van der Waals surface area (Å²) < 4.78 is 33.6. The Bertz CT molecular complexity index is 1190. The number of anilines is 1. The lowest BCUT2D eigenvalue weighted by atomic mass is 10.1. The second kappa shape index (κ2) is 8.81. The summed E-state index contributed by atoms with van der Waals surface area (Å²) in [4.78, 5) is 17.1. The number of nitrogens with zero attached hydrogens (tertiary/aromatic N) is 2. The van der Waals surface area contributed by atoms with Gasteiger partial charge in [-0.1, -0.05) is 23.8 Å². The third kappa shape index (κ3) is 4.36. The molecule has 2 N–H and O–H groups in total. The minimum Gasteiger partial charge on any atom is -0.494 e. The average molecular weight is 461 g/mol. The topological polar surface area (TPSA) is 101 Å². The normalized spacial score (nSPS) is 17.4. The SMILES string of the molecule is COc1cccc2sc(NNC(=O)c3ccc(S(=O)(=O)N4CCCC[C@H]4C)cc3)nc12. The Morgan fingerprint density at radius 3 is 2.68 bits per heavy atom. The fourth-order valence-corrected chi connectivity index (χ4v) is 6.20. The van der Waals surface area contributed by atoms with Crippen LogP contribution in [0.4, 0.5) is 5.13 Å². The first-order chi connectivity index (χ1) is 14.9. The molecule has 1 atom stereocenters. The third-order valence-corrected chi connectivity index (χ3v) is 8.31. The van der Waals surface area contributed by atoms with Gasteiger partial charge in [-0.05, 0) is 56.2 Å². The van der Waals surface area contributed by atoms with E-state index in [-0.39, 0.29) is 16.8 Å². The molecule has 1 fully saturated rings. The maximum absolute atomic E-state index is 12.9. The number of hydrogen-bond acceptors (Lipinski definition) is 7. The van der Waals surface area contributed by atoms with Gasteiger partial charge in [-0.15, -0.1) is 0 Å². The highest BCUT2D eigenvalue weighted by Gasteiger charge is 2.30. The number of hydrogen-bond donors (Lipinski definition) is 2. The van der Waals surface area contributed by atoms with Gasteiger partial charge in [0.2, 0.25) is 15.2 Å². The van der Waals surface area contributed by atoms with Gasteiger partial charge >= 0.3 is 0 Å². The van der Waals surface area contributed by atoms with Crippen LogP contribution in [0.5, 0.6) is 5.75 Å². The molecule has 1 aliphatic heterocycles. The summed E-state index contributed by atoms with van der Waals surface area (Å²) in [6, 6.07) is 11.6. The number of rotatable bonds is 6. The van der Waals surface area contributed by atoms with Crippen LogP contribution in [-0.4, -0.2) is 43.3 Å². The lowest BCUT2D eigenvalue weighted by Gasteiger charge is -2.32. The first kappa shape index (κ1) is 21.5. The van der Waals surface area contributed by atoms with Gasteiger partial charge in [0.05, 0.1) is 16.7 Å². The highest BCUT2D eigenvalue weighted by Crippen LogP contribution is 2.31. The van der Waals surface area contributed by atoms with Crippen LogP contribution in [-0.2, 0) is 10.0 Å². The second-order valence-electron chi connectivity index (χ2n) is 7.39. The number of fused-ring (bicyclic) bond motifs is 1. The van der Waals surface area contributed by atoms with E-state index in [1.807, 2.05) is 25.1 Å². The molecule has 0 bridgehead atoms. The zero-order valence-corrected chi connectivity index (χ0v) is 18.9. The molecule has 4 rings (SSSR count). The van der Waals surface area contributed by atoms with E-state index in [2.05, 4.69) is 15.8 Å². The number of carbonyl (C=O) groups is 1. The van der Waals surface area contributed by atoms with Crippen LogP contribution in [0.1, 0.15) is 36.5 Å². The second-order valence-corrected chi connectivity index (χ2v) is 10.3. The summed E-state index contributed by atoms with van der Waals surface area (Å²) >= 11 is 1.38. The van der Waals surface area contributed by atoms with Gasteiger partial charge in [-0.3, -0.25) is 15.6 Å². The van der Waals surface area contributed by atoms with E-state index in [0.717, 1.165) is 24.0 Å². The number of hydrazine groups is 1. The molecular formula is C21H24N4O4S2. The van der Waals surface area contributed by atoms with E-state index in [0.29, 0.717) is 28.5 Å². The monoisotopic (exact) mass is 460 g/mol. The van der Waals surface area contributed by atoms with Gasteiger partial charge in [0.25, 0.3) is 5.91 Å². The first-order valence-electron chi connectivity index (χ1n) is 10.0. The van der Waals surface area contributed by atoms with E-state index in [9.17, 15) is 13.2 Å². The number of amides is 1. The van der Waals surface area contributed by atoms with Gasteiger partial charge in [0, 0.05) is 18.2 Å². The lowest BCUT2D eigenvalue weighted by molar-refractivity contribution is 0.0962. The van der Waals surface area contributed by atoms with Crippen molar-refractivity contribution in [2.75, 3.05) is 19.1 Å². The molecular weight excluding hydrogens is 436 g/mol. The Hall–Kier alpha value is -2.69. The third-order valence-electron chi connectivity index (χ3n) is 5.35. The lowest BCUT2D eigenvalue weighted by Crippen LogP contribution is -2.41. The predicted molar refractivity (Wildman–Crippen MR) is 121 cm³/mol. The van der Waals surface area contributed by atoms with Crippen molar-refractivity contribution in [3.05, 3.63) is 48.0 Å². The van der Waals surface area contributed by atoms with Crippen LogP contribution < -0.4 is 15.6 Å². The number of para-hydroxylation sites is 1. The van der Waals surface area contributed by atoms with Gasteiger partial charge in [0.1, 0.15) is 11.3 Å². The zero-order chi connectivity index (χ0) is 22.0. The quantitative estimate of drug-likeness (QED) is 0.545. The van der Waals surface area contributed by atoms with Gasteiger partial charge in [-0.25, -0.2) is 13.4 Å². The van der Waals surface area contributed by atoms with Crippen LogP contribution >= 0.6 is 11.3 Å². The minimum absolute atomic E-state index is 0.0154. The van der Waals surface area contributed by atoms with Gasteiger partial charge in [0.15, 0.2) is 0 Å². The maximum Gasteiger partial charge on any atom is 0.269 e. The number of methoxy groups -OCH3 is 1. The van der Waals surface area contributed by atoms with E-state index in [1.165, 1.54) is 35.6 Å². The van der Waals surface area contributed by atoms with E-state index < -0.39 is 10.0 Å². The molecule has 2 aromatic carbocycles.